The molecular formula is C15H17BrN4O. The number of anilines is 2. The minimum Gasteiger partial charge on any atom is -0.351 e. The van der Waals surface area contributed by atoms with Gasteiger partial charge < -0.3 is 10.6 Å². The number of hydrogen-bond acceptors (Lipinski definition) is 4. The van der Waals surface area contributed by atoms with Crippen molar-refractivity contribution in [3.8, 4) is 0 Å². The van der Waals surface area contributed by atoms with Crippen LogP contribution in [0, 0.1) is 6.92 Å². The summed E-state index contributed by atoms with van der Waals surface area (Å²) in [6.07, 6.45) is 2.28. The molecule has 6 heteroatoms. The molecule has 0 aliphatic rings. The quantitative estimate of drug-likeness (QED) is 0.868. The Morgan fingerprint density at radius 2 is 2.10 bits per heavy atom. The first-order chi connectivity index (χ1) is 10.1. The Hall–Kier alpha value is -1.95. The lowest BCUT2D eigenvalue weighted by Crippen LogP contribution is -2.25. The largest absolute Gasteiger partial charge is 0.351 e. The van der Waals surface area contributed by atoms with Crippen LogP contribution in [0.4, 0.5) is 11.5 Å². The van der Waals surface area contributed by atoms with Gasteiger partial charge in [-0.25, -0.2) is 9.97 Å². The summed E-state index contributed by atoms with van der Waals surface area (Å²) in [6.45, 7) is 4.64. The van der Waals surface area contributed by atoms with Crippen molar-refractivity contribution >= 4 is 33.3 Å². The number of nitrogens with zero attached hydrogens (tertiary/aromatic N) is 2. The summed E-state index contributed by atoms with van der Waals surface area (Å²) < 4.78 is 1.02. The number of aromatic nitrogens is 2. The van der Waals surface area contributed by atoms with Crippen molar-refractivity contribution in [3.05, 3.63) is 46.3 Å². The molecule has 1 aromatic carbocycles. The highest BCUT2D eigenvalue weighted by atomic mass is 79.9. The van der Waals surface area contributed by atoms with Gasteiger partial charge in [0.25, 0.3) is 5.91 Å². The van der Waals surface area contributed by atoms with Crippen LogP contribution in [-0.4, -0.2) is 22.4 Å². The molecule has 0 fully saturated rings. The third-order valence-electron chi connectivity index (χ3n) is 2.89. The van der Waals surface area contributed by atoms with Gasteiger partial charge in [-0.2, -0.15) is 0 Å². The Balaban J connectivity index is 2.15. The lowest BCUT2D eigenvalue weighted by atomic mass is 10.2. The van der Waals surface area contributed by atoms with Crippen LogP contribution < -0.4 is 10.6 Å². The van der Waals surface area contributed by atoms with E-state index in [9.17, 15) is 4.79 Å². The van der Waals surface area contributed by atoms with Crippen molar-refractivity contribution in [1.82, 2.24) is 15.3 Å². The van der Waals surface area contributed by atoms with Crippen LogP contribution in [0.2, 0.25) is 0 Å². The Morgan fingerprint density at radius 3 is 2.81 bits per heavy atom. The van der Waals surface area contributed by atoms with Crippen LogP contribution in [0.25, 0.3) is 0 Å². The summed E-state index contributed by atoms with van der Waals surface area (Å²) in [4.78, 5) is 20.0. The maximum atomic E-state index is 11.9. The molecule has 0 saturated heterocycles. The molecule has 5 nitrogen and oxygen atoms in total. The summed E-state index contributed by atoms with van der Waals surface area (Å²) in [7, 11) is 0. The maximum Gasteiger partial charge on any atom is 0.270 e. The molecular weight excluding hydrogens is 332 g/mol. The zero-order chi connectivity index (χ0) is 15.2. The van der Waals surface area contributed by atoms with Gasteiger partial charge >= 0.3 is 0 Å². The third-order valence-corrected chi connectivity index (χ3v) is 3.38. The highest BCUT2D eigenvalue weighted by molar-refractivity contribution is 9.10. The van der Waals surface area contributed by atoms with Crippen molar-refractivity contribution in [2.45, 2.75) is 20.3 Å². The fraction of sp³-hybridized carbons (Fsp3) is 0.267. The Bertz CT molecular complexity index is 645. The second-order valence-electron chi connectivity index (χ2n) is 4.63. The molecule has 0 aliphatic carbocycles. The first-order valence-corrected chi connectivity index (χ1v) is 7.53. The Labute approximate surface area is 132 Å². The Kier molecular flexibility index (Phi) is 5.27. The zero-order valence-electron chi connectivity index (χ0n) is 12.0. The minimum atomic E-state index is -0.185. The summed E-state index contributed by atoms with van der Waals surface area (Å²) in [5, 5.41) is 5.99. The Morgan fingerprint density at radius 1 is 1.29 bits per heavy atom. The van der Waals surface area contributed by atoms with Gasteiger partial charge in [-0.1, -0.05) is 22.9 Å². The van der Waals surface area contributed by atoms with Crippen LogP contribution in [-0.2, 0) is 0 Å². The van der Waals surface area contributed by atoms with Crippen LogP contribution in [0.15, 0.2) is 35.1 Å². The number of carbonyl (C=O) groups is 1. The number of rotatable bonds is 5. The molecule has 0 atom stereocenters. The number of amides is 1. The van der Waals surface area contributed by atoms with Crippen LogP contribution in [0.1, 0.15) is 29.4 Å². The van der Waals surface area contributed by atoms with E-state index in [0.717, 1.165) is 22.1 Å². The van der Waals surface area contributed by atoms with Crippen molar-refractivity contribution in [2.24, 2.45) is 0 Å². The minimum absolute atomic E-state index is 0.185. The van der Waals surface area contributed by atoms with E-state index >= 15 is 0 Å². The molecule has 0 bridgehead atoms. The molecule has 1 amide bonds. The average Bonchev–Trinajstić information content (AvgIpc) is 2.48. The van der Waals surface area contributed by atoms with Gasteiger partial charge in [-0.3, -0.25) is 4.79 Å². The molecule has 0 spiro atoms. The summed E-state index contributed by atoms with van der Waals surface area (Å²) in [5.74, 6) is 0.409. The van der Waals surface area contributed by atoms with Crippen molar-refractivity contribution < 1.29 is 4.79 Å². The van der Waals surface area contributed by atoms with Gasteiger partial charge in [0.1, 0.15) is 17.8 Å². The topological polar surface area (TPSA) is 66.9 Å². The SMILES string of the molecule is CCCNC(=O)c1cc(Nc2ccc(Br)cc2C)ncn1. The number of aryl methyl sites for hydroxylation is 1. The molecule has 0 radical (unpaired) electrons. The third kappa shape index (κ3) is 4.26. The van der Waals surface area contributed by atoms with E-state index in [0.29, 0.717) is 18.1 Å². The van der Waals surface area contributed by atoms with E-state index in [2.05, 4.69) is 36.5 Å². The molecule has 0 saturated carbocycles. The highest BCUT2D eigenvalue weighted by Crippen LogP contribution is 2.22. The lowest BCUT2D eigenvalue weighted by molar-refractivity contribution is 0.0948. The number of carbonyl (C=O) groups excluding carboxylic acids is 1. The predicted molar refractivity (Wildman–Crippen MR) is 86.8 cm³/mol. The molecule has 1 heterocycles. The molecule has 21 heavy (non-hydrogen) atoms. The fourth-order valence-electron chi connectivity index (χ4n) is 1.78. The summed E-state index contributed by atoms with van der Waals surface area (Å²) >= 11 is 3.43. The van der Waals surface area contributed by atoms with E-state index < -0.39 is 0 Å². The highest BCUT2D eigenvalue weighted by Gasteiger charge is 2.08. The van der Waals surface area contributed by atoms with E-state index in [1.165, 1.54) is 6.33 Å². The first kappa shape index (κ1) is 15.4. The molecule has 110 valence electrons. The predicted octanol–water partition coefficient (Wildman–Crippen LogP) is 3.43. The normalized spacial score (nSPS) is 10.2. The molecule has 0 aliphatic heterocycles. The van der Waals surface area contributed by atoms with Gasteiger partial charge in [0.2, 0.25) is 0 Å². The van der Waals surface area contributed by atoms with E-state index in [1.807, 2.05) is 32.0 Å². The van der Waals surface area contributed by atoms with Crippen molar-refractivity contribution in [2.75, 3.05) is 11.9 Å². The van der Waals surface area contributed by atoms with Gasteiger partial charge in [0.05, 0.1) is 0 Å². The average molecular weight is 349 g/mol. The fourth-order valence-corrected chi connectivity index (χ4v) is 2.26. The van der Waals surface area contributed by atoms with Crippen LogP contribution in [0.5, 0.6) is 0 Å². The van der Waals surface area contributed by atoms with E-state index in [-0.39, 0.29) is 5.91 Å². The second-order valence-corrected chi connectivity index (χ2v) is 5.54. The van der Waals surface area contributed by atoms with E-state index in [1.54, 1.807) is 6.07 Å². The zero-order valence-corrected chi connectivity index (χ0v) is 13.6. The number of halogens is 1. The monoisotopic (exact) mass is 348 g/mol. The van der Waals surface area contributed by atoms with Gasteiger partial charge in [0.15, 0.2) is 0 Å². The summed E-state index contributed by atoms with van der Waals surface area (Å²) in [6, 6.07) is 7.56. The molecule has 2 N–H and O–H groups in total. The van der Waals surface area contributed by atoms with Gasteiger partial charge in [-0.05, 0) is 37.1 Å². The molecule has 1 aromatic heterocycles. The first-order valence-electron chi connectivity index (χ1n) is 6.73. The molecule has 2 aromatic rings. The van der Waals surface area contributed by atoms with Crippen molar-refractivity contribution in [1.29, 1.82) is 0 Å². The number of hydrogen-bond donors (Lipinski definition) is 2. The van der Waals surface area contributed by atoms with Gasteiger partial charge in [-0.15, -0.1) is 0 Å². The van der Waals surface area contributed by atoms with Gasteiger partial charge in [0, 0.05) is 22.8 Å². The summed E-state index contributed by atoms with van der Waals surface area (Å²) in [5.41, 5.74) is 2.38. The maximum absolute atomic E-state index is 11.9. The lowest BCUT2D eigenvalue weighted by Gasteiger charge is -2.10. The number of benzene rings is 1. The molecule has 0 unspecified atom stereocenters. The smallest absolute Gasteiger partial charge is 0.270 e. The second kappa shape index (κ2) is 7.17. The van der Waals surface area contributed by atoms with E-state index in [4.69, 9.17) is 0 Å². The van der Waals surface area contributed by atoms with Crippen molar-refractivity contribution in [3.63, 3.8) is 0 Å². The molecule has 2 rings (SSSR count). The standard InChI is InChI=1S/C15H17BrN4O/c1-3-6-17-15(21)13-8-14(19-9-18-13)20-12-5-4-11(16)7-10(12)2/h4-5,7-9H,3,6H2,1-2H3,(H,17,21)(H,18,19,20). The number of nitrogens with one attached hydrogen (secondary N) is 2. The van der Waals surface area contributed by atoms with Crippen LogP contribution >= 0.6 is 15.9 Å². The van der Waals surface area contributed by atoms with Crippen LogP contribution in [0.3, 0.4) is 0 Å².